The number of hydrogen-bond acceptors (Lipinski definition) is 1. The molecule has 0 aromatic heterocycles. The van der Waals surface area contributed by atoms with E-state index in [0.717, 1.165) is 25.2 Å². The van der Waals surface area contributed by atoms with Crippen LogP contribution in [0.15, 0.2) is 12.2 Å². The van der Waals surface area contributed by atoms with E-state index in [9.17, 15) is 5.11 Å². The molecule has 11 heavy (non-hydrogen) atoms. The summed E-state index contributed by atoms with van der Waals surface area (Å²) in [4.78, 5) is 0. The van der Waals surface area contributed by atoms with Crippen molar-refractivity contribution in [3.8, 4) is 0 Å². The van der Waals surface area contributed by atoms with Gasteiger partial charge in [-0.3, -0.25) is 0 Å². The highest BCUT2D eigenvalue weighted by Crippen LogP contribution is 2.33. The number of aliphatic hydroxyl groups excluding tert-OH is 1. The zero-order chi connectivity index (χ0) is 8.43. The summed E-state index contributed by atoms with van der Waals surface area (Å²) in [5.74, 6) is 1.27. The molecule has 0 heterocycles. The minimum atomic E-state index is -0.0760. The van der Waals surface area contributed by atoms with Gasteiger partial charge in [0, 0.05) is 0 Å². The quantitative estimate of drug-likeness (QED) is 0.575. The van der Waals surface area contributed by atoms with Gasteiger partial charge in [-0.1, -0.05) is 19.1 Å². The van der Waals surface area contributed by atoms with E-state index >= 15 is 0 Å². The molecule has 1 aliphatic carbocycles. The first-order valence-electron chi connectivity index (χ1n) is 4.44. The Morgan fingerprint density at radius 1 is 1.45 bits per heavy atom. The molecule has 1 N–H and O–H groups in total. The summed E-state index contributed by atoms with van der Waals surface area (Å²) in [6.45, 7) is 8.28. The molecule has 64 valence electrons. The lowest BCUT2D eigenvalue weighted by atomic mass is 9.76. The Labute approximate surface area is 69.1 Å². The van der Waals surface area contributed by atoms with E-state index in [1.165, 1.54) is 5.57 Å². The standard InChI is InChI=1S/C10H18O/c1-7(2)10-6-9(11)5-4-8(10)3/h8-11H,1,4-6H2,2-3H3/t8-,9-,10+/m1/s1. The molecule has 0 aromatic rings. The molecule has 1 nitrogen and oxygen atoms in total. The maximum absolute atomic E-state index is 9.41. The molecule has 0 aliphatic heterocycles. The van der Waals surface area contributed by atoms with Gasteiger partial charge in [-0.05, 0) is 38.0 Å². The van der Waals surface area contributed by atoms with Crippen LogP contribution in [-0.4, -0.2) is 11.2 Å². The van der Waals surface area contributed by atoms with Gasteiger partial charge in [0.05, 0.1) is 6.10 Å². The second-order valence-electron chi connectivity index (χ2n) is 3.90. The van der Waals surface area contributed by atoms with Gasteiger partial charge in [-0.25, -0.2) is 0 Å². The number of hydrogen-bond donors (Lipinski definition) is 1. The van der Waals surface area contributed by atoms with Crippen LogP contribution in [0.5, 0.6) is 0 Å². The third-order valence-electron chi connectivity index (χ3n) is 2.80. The second-order valence-corrected chi connectivity index (χ2v) is 3.90. The molecule has 0 unspecified atom stereocenters. The van der Waals surface area contributed by atoms with Crippen LogP contribution in [0.1, 0.15) is 33.1 Å². The molecule has 3 atom stereocenters. The van der Waals surface area contributed by atoms with E-state index < -0.39 is 0 Å². The Balaban J connectivity index is 2.54. The SMILES string of the molecule is C=C(C)[C@@H]1C[C@H](O)CC[C@H]1C. The molecule has 0 amide bonds. The lowest BCUT2D eigenvalue weighted by Crippen LogP contribution is -2.26. The van der Waals surface area contributed by atoms with Crippen molar-refractivity contribution < 1.29 is 5.11 Å². The van der Waals surface area contributed by atoms with E-state index in [2.05, 4.69) is 20.4 Å². The van der Waals surface area contributed by atoms with Crippen LogP contribution in [0.4, 0.5) is 0 Å². The highest BCUT2D eigenvalue weighted by Gasteiger charge is 2.26. The molecule has 1 fully saturated rings. The fourth-order valence-electron chi connectivity index (χ4n) is 1.99. The maximum atomic E-state index is 9.41. The van der Waals surface area contributed by atoms with Crippen LogP contribution in [0, 0.1) is 11.8 Å². The van der Waals surface area contributed by atoms with E-state index in [4.69, 9.17) is 0 Å². The average molecular weight is 154 g/mol. The molecule has 1 saturated carbocycles. The first kappa shape index (κ1) is 8.79. The summed E-state index contributed by atoms with van der Waals surface area (Å²) in [6, 6.07) is 0. The average Bonchev–Trinajstić information content (AvgIpc) is 1.94. The van der Waals surface area contributed by atoms with Gasteiger partial charge in [0.15, 0.2) is 0 Å². The smallest absolute Gasteiger partial charge is 0.0546 e. The van der Waals surface area contributed by atoms with Gasteiger partial charge in [0.2, 0.25) is 0 Å². The first-order chi connectivity index (χ1) is 5.11. The molecular weight excluding hydrogens is 136 g/mol. The summed E-state index contributed by atoms with van der Waals surface area (Å²) in [5, 5.41) is 9.41. The van der Waals surface area contributed by atoms with Crippen molar-refractivity contribution in [2.45, 2.75) is 39.2 Å². The zero-order valence-corrected chi connectivity index (χ0v) is 7.51. The largest absolute Gasteiger partial charge is 0.393 e. The van der Waals surface area contributed by atoms with Crippen molar-refractivity contribution in [1.29, 1.82) is 0 Å². The molecule has 0 spiro atoms. The van der Waals surface area contributed by atoms with Crippen molar-refractivity contribution >= 4 is 0 Å². The highest BCUT2D eigenvalue weighted by atomic mass is 16.3. The monoisotopic (exact) mass is 154 g/mol. The Bertz CT molecular complexity index is 151. The molecule has 0 radical (unpaired) electrons. The first-order valence-corrected chi connectivity index (χ1v) is 4.44. The van der Waals surface area contributed by atoms with E-state index in [0.29, 0.717) is 5.92 Å². The molecule has 1 heteroatoms. The predicted molar refractivity (Wildman–Crippen MR) is 47.3 cm³/mol. The molecule has 1 rings (SSSR count). The summed E-state index contributed by atoms with van der Waals surface area (Å²) >= 11 is 0. The van der Waals surface area contributed by atoms with Gasteiger partial charge >= 0.3 is 0 Å². The van der Waals surface area contributed by atoms with Crippen LogP contribution in [0.2, 0.25) is 0 Å². The fraction of sp³-hybridized carbons (Fsp3) is 0.800. The van der Waals surface area contributed by atoms with Crippen LogP contribution in [-0.2, 0) is 0 Å². The Morgan fingerprint density at radius 2 is 2.09 bits per heavy atom. The number of aliphatic hydroxyl groups is 1. The van der Waals surface area contributed by atoms with E-state index in [-0.39, 0.29) is 6.10 Å². The van der Waals surface area contributed by atoms with Gasteiger partial charge < -0.3 is 5.11 Å². The fourth-order valence-corrected chi connectivity index (χ4v) is 1.99. The van der Waals surface area contributed by atoms with E-state index in [1.807, 2.05) is 0 Å². The summed E-state index contributed by atoms with van der Waals surface area (Å²) < 4.78 is 0. The van der Waals surface area contributed by atoms with Crippen molar-refractivity contribution in [2.24, 2.45) is 11.8 Å². The molecular formula is C10H18O. The van der Waals surface area contributed by atoms with Crippen molar-refractivity contribution in [3.63, 3.8) is 0 Å². The van der Waals surface area contributed by atoms with Crippen molar-refractivity contribution in [2.75, 3.05) is 0 Å². The zero-order valence-electron chi connectivity index (χ0n) is 7.51. The molecule has 0 bridgehead atoms. The maximum Gasteiger partial charge on any atom is 0.0546 e. The third-order valence-corrected chi connectivity index (χ3v) is 2.80. The predicted octanol–water partition coefficient (Wildman–Crippen LogP) is 2.36. The number of rotatable bonds is 1. The van der Waals surface area contributed by atoms with Gasteiger partial charge in [-0.15, -0.1) is 0 Å². The van der Waals surface area contributed by atoms with Crippen molar-refractivity contribution in [1.82, 2.24) is 0 Å². The molecule has 1 aliphatic rings. The summed E-state index contributed by atoms with van der Waals surface area (Å²) in [5.41, 5.74) is 1.23. The van der Waals surface area contributed by atoms with Crippen LogP contribution >= 0.6 is 0 Å². The minimum Gasteiger partial charge on any atom is -0.393 e. The minimum absolute atomic E-state index is 0.0760. The summed E-state index contributed by atoms with van der Waals surface area (Å²) in [6.07, 6.45) is 2.98. The lowest BCUT2D eigenvalue weighted by Gasteiger charge is -2.32. The lowest BCUT2D eigenvalue weighted by molar-refractivity contribution is 0.0862. The second kappa shape index (κ2) is 3.40. The van der Waals surface area contributed by atoms with Crippen LogP contribution < -0.4 is 0 Å². The Morgan fingerprint density at radius 3 is 2.55 bits per heavy atom. The molecule has 0 saturated heterocycles. The van der Waals surface area contributed by atoms with Crippen LogP contribution in [0.3, 0.4) is 0 Å². The Hall–Kier alpha value is -0.300. The number of allylic oxidation sites excluding steroid dienone is 1. The van der Waals surface area contributed by atoms with Gasteiger partial charge in [-0.2, -0.15) is 0 Å². The van der Waals surface area contributed by atoms with Gasteiger partial charge in [0.25, 0.3) is 0 Å². The van der Waals surface area contributed by atoms with Gasteiger partial charge in [0.1, 0.15) is 0 Å². The normalized spacial score (nSPS) is 38.6. The van der Waals surface area contributed by atoms with Crippen molar-refractivity contribution in [3.05, 3.63) is 12.2 Å². The summed E-state index contributed by atoms with van der Waals surface area (Å²) in [7, 11) is 0. The third kappa shape index (κ3) is 2.06. The van der Waals surface area contributed by atoms with Crippen LogP contribution in [0.25, 0.3) is 0 Å². The highest BCUT2D eigenvalue weighted by molar-refractivity contribution is 5.00. The Kier molecular flexibility index (Phi) is 2.72. The topological polar surface area (TPSA) is 20.2 Å². The molecule has 0 aromatic carbocycles. The van der Waals surface area contributed by atoms with E-state index in [1.54, 1.807) is 0 Å².